The number of hydrogen-bond donors (Lipinski definition) is 1. The monoisotopic (exact) mass is 271 g/mol. The van der Waals surface area contributed by atoms with Gasteiger partial charge in [0.25, 0.3) is 0 Å². The van der Waals surface area contributed by atoms with Gasteiger partial charge < -0.3 is 10.1 Å². The highest BCUT2D eigenvalue weighted by Gasteiger charge is 2.14. The zero-order chi connectivity index (χ0) is 14.0. The van der Waals surface area contributed by atoms with E-state index in [1.807, 2.05) is 7.05 Å². The average Bonchev–Trinajstić information content (AvgIpc) is 2.41. The van der Waals surface area contributed by atoms with Crippen LogP contribution in [-0.2, 0) is 4.74 Å². The number of ether oxygens (including phenoxy) is 1. The molecule has 0 aromatic carbocycles. The van der Waals surface area contributed by atoms with Gasteiger partial charge in [-0.3, -0.25) is 0 Å². The van der Waals surface area contributed by atoms with Crippen molar-refractivity contribution < 1.29 is 4.74 Å². The summed E-state index contributed by atoms with van der Waals surface area (Å²) in [6.45, 7) is 8.99. The topological polar surface area (TPSA) is 21.3 Å². The first-order valence-corrected chi connectivity index (χ1v) is 6.93. The van der Waals surface area contributed by atoms with Gasteiger partial charge in [-0.1, -0.05) is 38.1 Å². The van der Waals surface area contributed by atoms with Crippen molar-refractivity contribution >= 4 is 11.6 Å². The highest BCUT2D eigenvalue weighted by molar-refractivity contribution is 6.31. The number of halogens is 1. The van der Waals surface area contributed by atoms with Crippen LogP contribution >= 0.6 is 11.6 Å². The Morgan fingerprint density at radius 2 is 2.11 bits per heavy atom. The van der Waals surface area contributed by atoms with E-state index in [9.17, 15) is 0 Å². The minimum Gasteiger partial charge on any atom is -0.501 e. The van der Waals surface area contributed by atoms with Crippen LogP contribution in [0.4, 0.5) is 0 Å². The van der Waals surface area contributed by atoms with Gasteiger partial charge in [0.2, 0.25) is 0 Å². The van der Waals surface area contributed by atoms with Crippen LogP contribution in [0, 0.1) is 5.92 Å². The Hall–Kier alpha value is -0.730. The summed E-state index contributed by atoms with van der Waals surface area (Å²) in [5, 5.41) is 3.91. The van der Waals surface area contributed by atoms with E-state index in [1.54, 1.807) is 13.2 Å². The van der Waals surface area contributed by atoms with Crippen LogP contribution in [0.15, 0.2) is 35.1 Å². The van der Waals surface area contributed by atoms with Gasteiger partial charge in [-0.2, -0.15) is 0 Å². The van der Waals surface area contributed by atoms with Crippen molar-refractivity contribution in [2.75, 3.05) is 20.7 Å². The molecule has 0 aromatic heterocycles. The molecule has 0 amide bonds. The molecule has 0 saturated heterocycles. The van der Waals surface area contributed by atoms with Crippen molar-refractivity contribution in [1.82, 2.24) is 5.32 Å². The maximum Gasteiger partial charge on any atom is 0.0956 e. The Kier molecular flexibility index (Phi) is 9.80. The summed E-state index contributed by atoms with van der Waals surface area (Å²) >= 11 is 6.28. The molecule has 0 aliphatic rings. The zero-order valence-corrected chi connectivity index (χ0v) is 12.8. The lowest BCUT2D eigenvalue weighted by Crippen LogP contribution is -2.14. The quantitative estimate of drug-likeness (QED) is 0.500. The van der Waals surface area contributed by atoms with E-state index in [1.165, 1.54) is 0 Å². The number of allylic oxidation sites excluding steroid dienone is 5. The minimum atomic E-state index is 0.430. The van der Waals surface area contributed by atoms with Gasteiger partial charge in [0.1, 0.15) is 0 Å². The maximum atomic E-state index is 6.28. The van der Waals surface area contributed by atoms with Crippen LogP contribution in [0.3, 0.4) is 0 Å². The van der Waals surface area contributed by atoms with Gasteiger partial charge in [0.15, 0.2) is 0 Å². The normalized spacial score (nSPS) is 15.1. The molecular weight excluding hydrogens is 246 g/mol. The summed E-state index contributed by atoms with van der Waals surface area (Å²) in [7, 11) is 3.66. The smallest absolute Gasteiger partial charge is 0.0956 e. The summed E-state index contributed by atoms with van der Waals surface area (Å²) in [5.74, 6) is 1.38. The third kappa shape index (κ3) is 5.74. The summed E-state index contributed by atoms with van der Waals surface area (Å²) in [5.41, 5.74) is 1.13. The summed E-state index contributed by atoms with van der Waals surface area (Å²) in [6, 6.07) is 0. The van der Waals surface area contributed by atoms with E-state index >= 15 is 0 Å². The van der Waals surface area contributed by atoms with Gasteiger partial charge in [0, 0.05) is 11.5 Å². The predicted octanol–water partition coefficient (Wildman–Crippen LogP) is 4.24. The minimum absolute atomic E-state index is 0.430. The molecule has 2 nitrogen and oxygen atoms in total. The molecule has 0 bridgehead atoms. The Morgan fingerprint density at radius 3 is 2.50 bits per heavy atom. The molecular formula is C15H26ClNO. The van der Waals surface area contributed by atoms with Crippen molar-refractivity contribution in [2.24, 2.45) is 5.92 Å². The van der Waals surface area contributed by atoms with E-state index < -0.39 is 0 Å². The zero-order valence-electron chi connectivity index (χ0n) is 12.1. The van der Waals surface area contributed by atoms with Gasteiger partial charge in [-0.25, -0.2) is 0 Å². The summed E-state index contributed by atoms with van der Waals surface area (Å²) in [6.07, 6.45) is 6.75. The fourth-order valence-corrected chi connectivity index (χ4v) is 2.09. The van der Waals surface area contributed by atoms with Gasteiger partial charge in [-0.05, 0) is 44.0 Å². The lowest BCUT2D eigenvalue weighted by molar-refractivity contribution is 0.279. The molecule has 0 rings (SSSR count). The van der Waals surface area contributed by atoms with E-state index in [2.05, 4.69) is 31.8 Å². The average molecular weight is 272 g/mol. The van der Waals surface area contributed by atoms with Crippen molar-refractivity contribution in [3.63, 3.8) is 0 Å². The summed E-state index contributed by atoms with van der Waals surface area (Å²) < 4.78 is 5.34. The maximum absolute atomic E-state index is 6.28. The number of hydrogen-bond acceptors (Lipinski definition) is 2. The third-order valence-electron chi connectivity index (χ3n) is 3.06. The summed E-state index contributed by atoms with van der Waals surface area (Å²) in [4.78, 5) is 0. The van der Waals surface area contributed by atoms with Gasteiger partial charge in [-0.15, -0.1) is 0 Å². The van der Waals surface area contributed by atoms with Gasteiger partial charge >= 0.3 is 0 Å². The molecule has 1 N–H and O–H groups in total. The second-order valence-electron chi connectivity index (χ2n) is 4.17. The fraction of sp³-hybridized carbons (Fsp3) is 0.600. The second kappa shape index (κ2) is 10.2. The Bertz CT molecular complexity index is 302. The van der Waals surface area contributed by atoms with Crippen LogP contribution in [0.1, 0.15) is 33.1 Å². The highest BCUT2D eigenvalue weighted by Crippen LogP contribution is 2.27. The molecule has 0 saturated carbocycles. The molecule has 0 heterocycles. The predicted molar refractivity (Wildman–Crippen MR) is 80.8 cm³/mol. The molecule has 0 aliphatic heterocycles. The van der Waals surface area contributed by atoms with E-state index in [-0.39, 0.29) is 0 Å². The molecule has 3 heteroatoms. The number of rotatable bonds is 9. The van der Waals surface area contributed by atoms with Crippen LogP contribution in [0.5, 0.6) is 0 Å². The first-order valence-electron chi connectivity index (χ1n) is 6.55. The van der Waals surface area contributed by atoms with Crippen LogP contribution < -0.4 is 5.32 Å². The van der Waals surface area contributed by atoms with E-state index in [0.717, 1.165) is 42.2 Å². The number of nitrogens with one attached hydrogen (secondary N) is 1. The number of methoxy groups -OCH3 is 1. The Morgan fingerprint density at radius 1 is 1.44 bits per heavy atom. The molecule has 0 fully saturated rings. The first-order chi connectivity index (χ1) is 8.64. The molecule has 1 atom stereocenters. The lowest BCUT2D eigenvalue weighted by atomic mass is 9.91. The largest absolute Gasteiger partial charge is 0.501 e. The lowest BCUT2D eigenvalue weighted by Gasteiger charge is -2.18. The van der Waals surface area contributed by atoms with E-state index in [4.69, 9.17) is 16.3 Å². The third-order valence-corrected chi connectivity index (χ3v) is 3.43. The van der Waals surface area contributed by atoms with Crippen molar-refractivity contribution in [3.05, 3.63) is 35.1 Å². The highest BCUT2D eigenvalue weighted by atomic mass is 35.5. The molecule has 0 radical (unpaired) electrons. The van der Waals surface area contributed by atoms with Crippen molar-refractivity contribution in [3.8, 4) is 0 Å². The van der Waals surface area contributed by atoms with Crippen LogP contribution in [-0.4, -0.2) is 20.7 Å². The van der Waals surface area contributed by atoms with Crippen LogP contribution in [0.25, 0.3) is 0 Å². The van der Waals surface area contributed by atoms with Gasteiger partial charge in [0.05, 0.1) is 12.9 Å². The molecule has 104 valence electrons. The van der Waals surface area contributed by atoms with Crippen molar-refractivity contribution in [2.45, 2.75) is 33.1 Å². The first kappa shape index (κ1) is 17.3. The SMILES string of the molecule is C=C/C(Cl)=C(\C=C(/CC)OC)C(CC)CCNC. The van der Waals surface area contributed by atoms with E-state index in [0.29, 0.717) is 5.92 Å². The molecule has 0 aliphatic carbocycles. The molecule has 1 unspecified atom stereocenters. The Labute approximate surface area is 117 Å². The second-order valence-corrected chi connectivity index (χ2v) is 4.58. The van der Waals surface area contributed by atoms with Crippen molar-refractivity contribution in [1.29, 1.82) is 0 Å². The fourth-order valence-electron chi connectivity index (χ4n) is 1.88. The Balaban J connectivity index is 5.22. The van der Waals surface area contributed by atoms with Crippen LogP contribution in [0.2, 0.25) is 0 Å². The standard InChI is InChI=1S/C15H26ClNO/c1-6-12(9-10-17-4)14(15(16)8-3)11-13(7-2)18-5/h8,11-12,17H,3,6-7,9-10H2,1-2,4-5H3/b13-11+,15-14-. The molecule has 0 spiro atoms. The molecule has 0 aromatic rings. The molecule has 18 heavy (non-hydrogen) atoms.